The SMILES string of the molecule is COc1cccc(COc2ccc3c(c2)OC(=Cc2c(Cl)cccc2Cl)C3=O)c1. The molecule has 0 bridgehead atoms. The number of rotatable bonds is 5. The standard InChI is InChI=1S/C23H16Cl2O4/c1-27-15-5-2-4-14(10-15)13-28-16-8-9-17-21(11-16)29-22(23(17)26)12-18-19(24)6-3-7-20(18)25/h2-12H,13H2,1H3. The molecule has 0 saturated carbocycles. The van der Waals surface area contributed by atoms with Crippen LogP contribution >= 0.6 is 23.2 Å². The van der Waals surface area contributed by atoms with Gasteiger partial charge in [-0.15, -0.1) is 0 Å². The normalized spacial score (nSPS) is 13.9. The summed E-state index contributed by atoms with van der Waals surface area (Å²) in [6, 6.07) is 17.9. The van der Waals surface area contributed by atoms with Crippen LogP contribution in [0.2, 0.25) is 10.0 Å². The maximum absolute atomic E-state index is 12.7. The van der Waals surface area contributed by atoms with Crippen LogP contribution in [0, 0.1) is 0 Å². The fourth-order valence-electron chi connectivity index (χ4n) is 2.97. The minimum Gasteiger partial charge on any atom is -0.497 e. The van der Waals surface area contributed by atoms with Crippen LogP contribution in [0.3, 0.4) is 0 Å². The summed E-state index contributed by atoms with van der Waals surface area (Å²) in [7, 11) is 1.62. The van der Waals surface area contributed by atoms with E-state index in [1.165, 1.54) is 0 Å². The van der Waals surface area contributed by atoms with E-state index in [2.05, 4.69) is 0 Å². The summed E-state index contributed by atoms with van der Waals surface area (Å²) in [5, 5.41) is 0.888. The lowest BCUT2D eigenvalue weighted by atomic mass is 10.1. The smallest absolute Gasteiger partial charge is 0.231 e. The molecule has 0 aromatic heterocycles. The molecule has 0 unspecified atom stereocenters. The van der Waals surface area contributed by atoms with Crippen LogP contribution in [-0.4, -0.2) is 12.9 Å². The number of carbonyl (C=O) groups excluding carboxylic acids is 1. The monoisotopic (exact) mass is 426 g/mol. The number of Topliss-reactive ketones (excluding diaryl/α,β-unsaturated/α-hetero) is 1. The lowest BCUT2D eigenvalue weighted by molar-refractivity contribution is 0.101. The van der Waals surface area contributed by atoms with Crippen LogP contribution in [-0.2, 0) is 6.61 Å². The molecule has 0 amide bonds. The Morgan fingerprint density at radius 2 is 1.72 bits per heavy atom. The summed E-state index contributed by atoms with van der Waals surface area (Å²) >= 11 is 12.4. The number of carbonyl (C=O) groups is 1. The van der Waals surface area contributed by atoms with Gasteiger partial charge < -0.3 is 14.2 Å². The van der Waals surface area contributed by atoms with Gasteiger partial charge in [0.1, 0.15) is 23.9 Å². The third kappa shape index (κ3) is 4.09. The highest BCUT2D eigenvalue weighted by Gasteiger charge is 2.28. The highest BCUT2D eigenvalue weighted by molar-refractivity contribution is 6.37. The van der Waals surface area contributed by atoms with Crippen molar-refractivity contribution in [3.63, 3.8) is 0 Å². The second kappa shape index (κ2) is 8.19. The minimum absolute atomic E-state index is 0.167. The number of fused-ring (bicyclic) bond motifs is 1. The Morgan fingerprint density at radius 1 is 0.966 bits per heavy atom. The molecule has 0 radical (unpaired) electrons. The second-order valence-corrected chi connectivity index (χ2v) is 7.19. The lowest BCUT2D eigenvalue weighted by Gasteiger charge is -2.08. The van der Waals surface area contributed by atoms with E-state index in [0.717, 1.165) is 11.3 Å². The first-order chi connectivity index (χ1) is 14.0. The lowest BCUT2D eigenvalue weighted by Crippen LogP contribution is -1.98. The Kier molecular flexibility index (Phi) is 5.47. The van der Waals surface area contributed by atoms with E-state index in [9.17, 15) is 4.79 Å². The van der Waals surface area contributed by atoms with Crippen molar-refractivity contribution in [3.8, 4) is 17.2 Å². The zero-order chi connectivity index (χ0) is 20.4. The second-order valence-electron chi connectivity index (χ2n) is 6.37. The molecule has 1 heterocycles. The molecular formula is C23H16Cl2O4. The summed E-state index contributed by atoms with van der Waals surface area (Å²) in [5.41, 5.74) is 1.98. The topological polar surface area (TPSA) is 44.8 Å². The van der Waals surface area contributed by atoms with Gasteiger partial charge in [0.15, 0.2) is 5.76 Å². The first-order valence-electron chi connectivity index (χ1n) is 8.83. The molecule has 4 nitrogen and oxygen atoms in total. The predicted molar refractivity (Wildman–Crippen MR) is 113 cm³/mol. The molecule has 0 fully saturated rings. The fraction of sp³-hybridized carbons (Fsp3) is 0.0870. The average molecular weight is 427 g/mol. The van der Waals surface area contributed by atoms with Crippen molar-refractivity contribution < 1.29 is 19.0 Å². The minimum atomic E-state index is -0.227. The maximum Gasteiger partial charge on any atom is 0.231 e. The van der Waals surface area contributed by atoms with Crippen molar-refractivity contribution in [1.82, 2.24) is 0 Å². The number of halogens is 2. The molecule has 0 N–H and O–H groups in total. The van der Waals surface area contributed by atoms with Crippen LogP contribution in [0.1, 0.15) is 21.5 Å². The summed E-state index contributed by atoms with van der Waals surface area (Å²) in [5.74, 6) is 1.74. The van der Waals surface area contributed by atoms with Gasteiger partial charge in [0.25, 0.3) is 0 Å². The Balaban J connectivity index is 1.53. The van der Waals surface area contributed by atoms with E-state index in [1.807, 2.05) is 24.3 Å². The van der Waals surface area contributed by atoms with Crippen molar-refractivity contribution >= 4 is 35.1 Å². The molecule has 29 heavy (non-hydrogen) atoms. The summed E-state index contributed by atoms with van der Waals surface area (Å²) in [4.78, 5) is 12.7. The van der Waals surface area contributed by atoms with Crippen LogP contribution in [0.5, 0.6) is 17.2 Å². The maximum atomic E-state index is 12.7. The van der Waals surface area contributed by atoms with E-state index >= 15 is 0 Å². The number of hydrogen-bond donors (Lipinski definition) is 0. The zero-order valence-corrected chi connectivity index (χ0v) is 17.0. The zero-order valence-electron chi connectivity index (χ0n) is 15.4. The van der Waals surface area contributed by atoms with Crippen molar-refractivity contribution in [2.24, 2.45) is 0 Å². The fourth-order valence-corrected chi connectivity index (χ4v) is 3.47. The number of hydrogen-bond acceptors (Lipinski definition) is 4. The van der Waals surface area contributed by atoms with Crippen LogP contribution < -0.4 is 14.2 Å². The molecule has 6 heteroatoms. The van der Waals surface area contributed by atoms with Crippen LogP contribution in [0.15, 0.2) is 66.4 Å². The van der Waals surface area contributed by atoms with Gasteiger partial charge in [0.05, 0.1) is 12.7 Å². The molecule has 0 atom stereocenters. The Bertz CT molecular complexity index is 1100. The highest BCUT2D eigenvalue weighted by Crippen LogP contribution is 2.36. The van der Waals surface area contributed by atoms with Gasteiger partial charge in [-0.1, -0.05) is 41.4 Å². The molecular weight excluding hydrogens is 411 g/mol. The molecule has 4 rings (SSSR count). The highest BCUT2D eigenvalue weighted by atomic mass is 35.5. The summed E-state index contributed by atoms with van der Waals surface area (Å²) in [6.45, 7) is 0.363. The Morgan fingerprint density at radius 3 is 2.48 bits per heavy atom. The van der Waals surface area contributed by atoms with E-state index in [0.29, 0.717) is 39.3 Å². The van der Waals surface area contributed by atoms with Gasteiger partial charge in [-0.3, -0.25) is 4.79 Å². The van der Waals surface area contributed by atoms with Gasteiger partial charge in [0.2, 0.25) is 5.78 Å². The molecule has 0 aliphatic carbocycles. The van der Waals surface area contributed by atoms with Crippen molar-refractivity contribution in [3.05, 3.63) is 93.2 Å². The van der Waals surface area contributed by atoms with Crippen LogP contribution in [0.4, 0.5) is 0 Å². The predicted octanol–water partition coefficient (Wildman–Crippen LogP) is 6.20. The molecule has 146 valence electrons. The van der Waals surface area contributed by atoms with E-state index < -0.39 is 0 Å². The van der Waals surface area contributed by atoms with Crippen LogP contribution in [0.25, 0.3) is 6.08 Å². The first-order valence-corrected chi connectivity index (χ1v) is 9.59. The van der Waals surface area contributed by atoms with Gasteiger partial charge in [0, 0.05) is 21.7 Å². The largest absolute Gasteiger partial charge is 0.497 e. The number of ketones is 1. The van der Waals surface area contributed by atoms with E-state index in [1.54, 1.807) is 49.6 Å². The van der Waals surface area contributed by atoms with Gasteiger partial charge >= 0.3 is 0 Å². The van der Waals surface area contributed by atoms with Gasteiger partial charge in [-0.2, -0.15) is 0 Å². The molecule has 3 aromatic rings. The Labute approximate surface area is 178 Å². The third-order valence-corrected chi connectivity index (χ3v) is 5.12. The number of ether oxygens (including phenoxy) is 3. The van der Waals surface area contributed by atoms with Crippen molar-refractivity contribution in [2.75, 3.05) is 7.11 Å². The Hall–Kier alpha value is -2.95. The van der Waals surface area contributed by atoms with Crippen molar-refractivity contribution in [1.29, 1.82) is 0 Å². The molecule has 3 aromatic carbocycles. The van der Waals surface area contributed by atoms with E-state index in [4.69, 9.17) is 37.4 Å². The van der Waals surface area contributed by atoms with Gasteiger partial charge in [-0.05, 0) is 48.0 Å². The molecule has 0 saturated heterocycles. The molecule has 1 aliphatic heterocycles. The van der Waals surface area contributed by atoms with Gasteiger partial charge in [-0.25, -0.2) is 0 Å². The quantitative estimate of drug-likeness (QED) is 0.455. The third-order valence-electron chi connectivity index (χ3n) is 4.46. The number of methoxy groups -OCH3 is 1. The number of allylic oxidation sites excluding steroid dienone is 1. The molecule has 1 aliphatic rings. The molecule has 0 spiro atoms. The summed E-state index contributed by atoms with van der Waals surface area (Å²) < 4.78 is 16.8. The first kappa shape index (κ1) is 19.4. The van der Waals surface area contributed by atoms with E-state index in [-0.39, 0.29) is 11.5 Å². The summed E-state index contributed by atoms with van der Waals surface area (Å²) in [6.07, 6.45) is 1.56. The number of benzene rings is 3. The van der Waals surface area contributed by atoms with Crippen molar-refractivity contribution in [2.45, 2.75) is 6.61 Å². The average Bonchev–Trinajstić information content (AvgIpc) is 3.04.